The Morgan fingerprint density at radius 2 is 2.03 bits per heavy atom. The van der Waals surface area contributed by atoms with Gasteiger partial charge in [-0.2, -0.15) is 13.2 Å². The summed E-state index contributed by atoms with van der Waals surface area (Å²) in [6.07, 6.45) is -1.92. The van der Waals surface area contributed by atoms with Gasteiger partial charge in [0.05, 0.1) is 23.7 Å². The molecule has 0 radical (unpaired) electrons. The van der Waals surface area contributed by atoms with Gasteiger partial charge in [0.1, 0.15) is 11.4 Å². The highest BCUT2D eigenvalue weighted by molar-refractivity contribution is 7.98. The van der Waals surface area contributed by atoms with Crippen molar-refractivity contribution in [1.29, 1.82) is 0 Å². The molecule has 1 unspecified atom stereocenters. The van der Waals surface area contributed by atoms with Crippen molar-refractivity contribution < 1.29 is 22.7 Å². The van der Waals surface area contributed by atoms with Crippen LogP contribution in [0, 0.1) is 5.92 Å². The third kappa shape index (κ3) is 4.25. The van der Waals surface area contributed by atoms with Crippen LogP contribution in [-0.4, -0.2) is 44.9 Å². The number of benzene rings is 1. The molecule has 2 aromatic heterocycles. The molecule has 0 amide bonds. The van der Waals surface area contributed by atoms with Crippen molar-refractivity contribution in [3.05, 3.63) is 41.5 Å². The predicted octanol–water partition coefficient (Wildman–Crippen LogP) is 4.96. The Morgan fingerprint density at radius 1 is 1.27 bits per heavy atom. The number of anilines is 1. The lowest BCUT2D eigenvalue weighted by Crippen LogP contribution is -2.42. The second-order valence-electron chi connectivity index (χ2n) is 8.01. The summed E-state index contributed by atoms with van der Waals surface area (Å²) in [4.78, 5) is 27.7. The smallest absolute Gasteiger partial charge is 0.434 e. The van der Waals surface area contributed by atoms with Crippen LogP contribution in [0.15, 0.2) is 29.3 Å². The molecule has 7 nitrogen and oxygen atoms in total. The van der Waals surface area contributed by atoms with Crippen LogP contribution < -0.4 is 4.90 Å². The lowest BCUT2D eigenvalue weighted by atomic mass is 10.00. The van der Waals surface area contributed by atoms with E-state index >= 15 is 0 Å². The van der Waals surface area contributed by atoms with E-state index in [1.165, 1.54) is 6.92 Å². The minimum Gasteiger partial charge on any atom is -0.462 e. The summed E-state index contributed by atoms with van der Waals surface area (Å²) >= 11 is 1.64. The molecule has 4 rings (SSSR count). The summed E-state index contributed by atoms with van der Waals surface area (Å²) < 4.78 is 48.2. The maximum atomic E-state index is 13.8. The summed E-state index contributed by atoms with van der Waals surface area (Å²) in [5.41, 5.74) is -0.151. The number of hydrogen-bond acceptors (Lipinski definition) is 7. The van der Waals surface area contributed by atoms with E-state index in [0.717, 1.165) is 28.0 Å². The first-order valence-corrected chi connectivity index (χ1v) is 11.8. The summed E-state index contributed by atoms with van der Waals surface area (Å²) in [5.74, 6) is -0.404. The van der Waals surface area contributed by atoms with Crippen molar-refractivity contribution in [1.82, 2.24) is 19.5 Å². The molecule has 0 saturated carbocycles. The van der Waals surface area contributed by atoms with Gasteiger partial charge in [-0.3, -0.25) is 0 Å². The summed E-state index contributed by atoms with van der Waals surface area (Å²) in [6.45, 7) is 6.37. The van der Waals surface area contributed by atoms with Crippen LogP contribution in [0.5, 0.6) is 0 Å². The van der Waals surface area contributed by atoms with E-state index in [1.54, 1.807) is 16.7 Å². The quantitative estimate of drug-likeness (QED) is 0.378. The zero-order valence-corrected chi connectivity index (χ0v) is 19.5. The minimum atomic E-state index is -4.83. The van der Waals surface area contributed by atoms with Crippen LogP contribution in [0.3, 0.4) is 0 Å². The van der Waals surface area contributed by atoms with Gasteiger partial charge in [0, 0.05) is 24.2 Å². The second kappa shape index (κ2) is 8.85. The molecule has 0 bridgehead atoms. The van der Waals surface area contributed by atoms with Gasteiger partial charge >= 0.3 is 12.1 Å². The summed E-state index contributed by atoms with van der Waals surface area (Å²) in [5, 5.41) is 0. The van der Waals surface area contributed by atoms with Gasteiger partial charge in [-0.05, 0) is 37.3 Å². The Kier molecular flexibility index (Phi) is 6.26. The average molecular weight is 480 g/mol. The molecule has 176 valence electrons. The highest BCUT2D eigenvalue weighted by Crippen LogP contribution is 2.38. The van der Waals surface area contributed by atoms with Crippen molar-refractivity contribution in [2.24, 2.45) is 5.92 Å². The third-order valence-electron chi connectivity index (χ3n) is 5.58. The first-order valence-electron chi connectivity index (χ1n) is 10.6. The Balaban J connectivity index is 1.80. The maximum absolute atomic E-state index is 13.8. The molecule has 1 aromatic carbocycles. The summed E-state index contributed by atoms with van der Waals surface area (Å²) in [6, 6.07) is 5.70. The van der Waals surface area contributed by atoms with Crippen molar-refractivity contribution in [3.8, 4) is 0 Å². The molecule has 3 aromatic rings. The number of thioether (sulfide) groups is 1. The van der Waals surface area contributed by atoms with E-state index < -0.39 is 23.4 Å². The first kappa shape index (κ1) is 23.3. The second-order valence-corrected chi connectivity index (χ2v) is 8.89. The number of imidazole rings is 1. The van der Waals surface area contributed by atoms with Gasteiger partial charge in [0.25, 0.3) is 0 Å². The SMILES string of the molecule is CCOC(=O)c1cnc(N2CCn3c(nc4ccc(SC)cc43)C2C(C)C)nc1C(F)(F)F. The Hall–Kier alpha value is -2.82. The number of carbonyl (C=O) groups is 1. The van der Waals surface area contributed by atoms with Crippen LogP contribution in [0.25, 0.3) is 11.0 Å². The van der Waals surface area contributed by atoms with Crippen LogP contribution in [0.2, 0.25) is 0 Å². The van der Waals surface area contributed by atoms with Gasteiger partial charge in [-0.15, -0.1) is 11.8 Å². The van der Waals surface area contributed by atoms with Gasteiger partial charge in [-0.1, -0.05) is 13.8 Å². The lowest BCUT2D eigenvalue weighted by molar-refractivity contribution is -0.141. The first-order chi connectivity index (χ1) is 15.7. The van der Waals surface area contributed by atoms with Crippen LogP contribution in [0.4, 0.5) is 19.1 Å². The van der Waals surface area contributed by atoms with Gasteiger partial charge in [-0.25, -0.2) is 19.7 Å². The fourth-order valence-electron chi connectivity index (χ4n) is 4.16. The fourth-order valence-corrected chi connectivity index (χ4v) is 4.60. The molecule has 0 saturated heterocycles. The number of fused-ring (bicyclic) bond motifs is 3. The number of esters is 1. The lowest BCUT2D eigenvalue weighted by Gasteiger charge is -2.38. The normalized spacial score (nSPS) is 16.4. The molecule has 0 N–H and O–H groups in total. The van der Waals surface area contributed by atoms with Crippen molar-refractivity contribution in [2.75, 3.05) is 24.3 Å². The molecule has 0 fully saturated rings. The van der Waals surface area contributed by atoms with E-state index in [1.807, 2.05) is 32.2 Å². The number of carbonyl (C=O) groups excluding carboxylic acids is 1. The highest BCUT2D eigenvalue weighted by atomic mass is 32.2. The molecule has 3 heterocycles. The molecule has 1 aliphatic heterocycles. The van der Waals surface area contributed by atoms with Crippen LogP contribution >= 0.6 is 11.8 Å². The number of alkyl halides is 3. The van der Waals surface area contributed by atoms with E-state index in [9.17, 15) is 18.0 Å². The zero-order chi connectivity index (χ0) is 23.9. The van der Waals surface area contributed by atoms with Crippen molar-refractivity contribution in [2.45, 2.75) is 44.4 Å². The van der Waals surface area contributed by atoms with E-state index in [4.69, 9.17) is 9.72 Å². The number of rotatable bonds is 5. The molecule has 33 heavy (non-hydrogen) atoms. The maximum Gasteiger partial charge on any atom is 0.434 e. The number of nitrogens with zero attached hydrogens (tertiary/aromatic N) is 5. The average Bonchev–Trinajstić information content (AvgIpc) is 3.15. The minimum absolute atomic E-state index is 0.0172. The molecular weight excluding hydrogens is 455 g/mol. The predicted molar refractivity (Wildman–Crippen MR) is 119 cm³/mol. The third-order valence-corrected chi connectivity index (χ3v) is 6.30. The van der Waals surface area contributed by atoms with Crippen LogP contribution in [0.1, 0.15) is 48.7 Å². The molecule has 0 spiro atoms. The Bertz CT molecular complexity index is 1190. The fraction of sp³-hybridized carbons (Fsp3) is 0.455. The highest BCUT2D eigenvalue weighted by Gasteiger charge is 2.41. The van der Waals surface area contributed by atoms with E-state index in [-0.39, 0.29) is 24.5 Å². The number of aromatic nitrogens is 4. The standard InChI is InChI=1S/C22H24F3N5O2S/c1-5-32-20(31)14-11-26-21(28-18(14)22(23,24)25)30-9-8-29-16-10-13(33-4)6-7-15(16)27-19(29)17(30)12(2)3/h6-7,10-12,17H,5,8-9H2,1-4H3. The monoisotopic (exact) mass is 479 g/mol. The molecular formula is C22H24F3N5O2S. The zero-order valence-electron chi connectivity index (χ0n) is 18.7. The van der Waals surface area contributed by atoms with Gasteiger partial charge in [0.15, 0.2) is 5.69 Å². The number of halogens is 3. The Labute approximate surface area is 193 Å². The topological polar surface area (TPSA) is 73.1 Å². The van der Waals surface area contributed by atoms with Crippen LogP contribution in [-0.2, 0) is 17.5 Å². The molecule has 1 atom stereocenters. The van der Waals surface area contributed by atoms with Gasteiger partial charge in [0.2, 0.25) is 5.95 Å². The van der Waals surface area contributed by atoms with E-state index in [0.29, 0.717) is 13.1 Å². The van der Waals surface area contributed by atoms with E-state index in [2.05, 4.69) is 20.6 Å². The molecule has 11 heteroatoms. The summed E-state index contributed by atoms with van der Waals surface area (Å²) in [7, 11) is 0. The number of ether oxygens (including phenoxy) is 1. The van der Waals surface area contributed by atoms with Crippen molar-refractivity contribution >= 4 is 34.7 Å². The number of hydrogen-bond donors (Lipinski definition) is 0. The largest absolute Gasteiger partial charge is 0.462 e. The molecule has 1 aliphatic rings. The van der Waals surface area contributed by atoms with Crippen molar-refractivity contribution in [3.63, 3.8) is 0 Å². The Morgan fingerprint density at radius 3 is 2.67 bits per heavy atom. The van der Waals surface area contributed by atoms with Gasteiger partial charge < -0.3 is 14.2 Å². The molecule has 0 aliphatic carbocycles.